The lowest BCUT2D eigenvalue weighted by Gasteiger charge is -2.14. The monoisotopic (exact) mass is 307 g/mol. The fourth-order valence-electron chi connectivity index (χ4n) is 1.72. The van der Waals surface area contributed by atoms with Gasteiger partial charge in [0.15, 0.2) is 0 Å². The summed E-state index contributed by atoms with van der Waals surface area (Å²) >= 11 is 0. The molecule has 0 unspecified atom stereocenters. The zero-order valence-corrected chi connectivity index (χ0v) is 12.6. The third kappa shape index (κ3) is 3.61. The quantitative estimate of drug-likeness (QED) is 0.567. The number of hydrogen-bond acceptors (Lipinski definition) is 6. The molecule has 2 aromatic rings. The molecular formula is C13H17N5O2S. The van der Waals surface area contributed by atoms with Crippen LogP contribution in [0.15, 0.2) is 47.5 Å². The van der Waals surface area contributed by atoms with E-state index in [1.807, 2.05) is 25.1 Å². The van der Waals surface area contributed by atoms with Gasteiger partial charge in [-0.2, -0.15) is 0 Å². The van der Waals surface area contributed by atoms with Crippen molar-refractivity contribution in [2.24, 2.45) is 5.84 Å². The molecule has 1 heterocycles. The lowest BCUT2D eigenvalue weighted by atomic mass is 10.3. The van der Waals surface area contributed by atoms with E-state index in [1.165, 1.54) is 18.3 Å². The molecule has 7 nitrogen and oxygen atoms in total. The molecule has 1 aromatic carbocycles. The maximum Gasteiger partial charge on any atom is 0.262 e. The first-order valence-corrected chi connectivity index (χ1v) is 7.63. The molecule has 0 radical (unpaired) electrons. The van der Waals surface area contributed by atoms with Crippen LogP contribution in [0.3, 0.4) is 0 Å². The highest BCUT2D eigenvalue weighted by molar-refractivity contribution is 7.92. The molecule has 4 N–H and O–H groups in total. The fraction of sp³-hybridized carbons (Fsp3) is 0.154. The summed E-state index contributed by atoms with van der Waals surface area (Å²) in [6, 6.07) is 9.87. The number of pyridine rings is 1. The minimum atomic E-state index is -3.69. The van der Waals surface area contributed by atoms with Gasteiger partial charge < -0.3 is 10.3 Å². The van der Waals surface area contributed by atoms with Crippen molar-refractivity contribution in [1.82, 2.24) is 4.98 Å². The largest absolute Gasteiger partial charge is 0.378 e. The van der Waals surface area contributed by atoms with Crippen LogP contribution >= 0.6 is 0 Å². The number of hydrazine groups is 1. The Morgan fingerprint density at radius 2 is 1.95 bits per heavy atom. The number of nitrogens with zero attached hydrogens (tertiary/aromatic N) is 2. The molecule has 0 aliphatic heterocycles. The topological polar surface area (TPSA) is 100 Å². The summed E-state index contributed by atoms with van der Waals surface area (Å²) in [5, 5.41) is 0. The van der Waals surface area contributed by atoms with Gasteiger partial charge in [-0.15, -0.1) is 0 Å². The SMILES string of the molecule is CN(C)c1cccc(NS(=O)(=O)c2ccnc(NN)c2)c1. The molecular weight excluding hydrogens is 290 g/mol. The lowest BCUT2D eigenvalue weighted by molar-refractivity contribution is 0.601. The zero-order valence-electron chi connectivity index (χ0n) is 11.7. The van der Waals surface area contributed by atoms with E-state index in [2.05, 4.69) is 15.1 Å². The second kappa shape index (κ2) is 5.98. The molecule has 0 atom stereocenters. The van der Waals surface area contributed by atoms with E-state index >= 15 is 0 Å². The summed E-state index contributed by atoms with van der Waals surface area (Å²) in [6.45, 7) is 0. The van der Waals surface area contributed by atoms with Gasteiger partial charge in [0, 0.05) is 32.0 Å². The molecule has 21 heavy (non-hydrogen) atoms. The number of hydrogen-bond donors (Lipinski definition) is 3. The normalized spacial score (nSPS) is 11.0. The minimum Gasteiger partial charge on any atom is -0.378 e. The molecule has 0 fully saturated rings. The van der Waals surface area contributed by atoms with Gasteiger partial charge in [-0.3, -0.25) is 4.72 Å². The summed E-state index contributed by atoms with van der Waals surface area (Å²) in [6.07, 6.45) is 1.38. The Bertz CT molecular complexity index is 731. The van der Waals surface area contributed by atoms with Crippen LogP contribution in [0, 0.1) is 0 Å². The molecule has 0 bridgehead atoms. The number of nitrogen functional groups attached to an aromatic ring is 1. The van der Waals surface area contributed by atoms with Crippen LogP contribution in [-0.2, 0) is 10.0 Å². The average Bonchev–Trinajstić information content (AvgIpc) is 2.47. The second-order valence-electron chi connectivity index (χ2n) is 4.57. The van der Waals surface area contributed by atoms with E-state index in [4.69, 9.17) is 5.84 Å². The Kier molecular flexibility index (Phi) is 4.29. The third-order valence-electron chi connectivity index (χ3n) is 2.80. The Labute approximate surface area is 123 Å². The predicted molar refractivity (Wildman–Crippen MR) is 83.6 cm³/mol. The van der Waals surface area contributed by atoms with E-state index in [1.54, 1.807) is 18.2 Å². The third-order valence-corrected chi connectivity index (χ3v) is 4.18. The second-order valence-corrected chi connectivity index (χ2v) is 6.25. The summed E-state index contributed by atoms with van der Waals surface area (Å²) in [4.78, 5) is 5.85. The summed E-state index contributed by atoms with van der Waals surface area (Å²) in [5.41, 5.74) is 3.70. The predicted octanol–water partition coefficient (Wildman–Crippen LogP) is 1.23. The van der Waals surface area contributed by atoms with Gasteiger partial charge in [-0.05, 0) is 24.3 Å². The van der Waals surface area contributed by atoms with Gasteiger partial charge in [0.2, 0.25) is 0 Å². The molecule has 0 amide bonds. The zero-order chi connectivity index (χ0) is 15.5. The number of rotatable bonds is 5. The molecule has 8 heteroatoms. The Morgan fingerprint density at radius 3 is 2.62 bits per heavy atom. The van der Waals surface area contributed by atoms with Gasteiger partial charge in [-0.1, -0.05) is 6.07 Å². The fourth-order valence-corrected chi connectivity index (χ4v) is 2.78. The van der Waals surface area contributed by atoms with Crippen molar-refractivity contribution in [3.05, 3.63) is 42.6 Å². The van der Waals surface area contributed by atoms with Gasteiger partial charge in [0.25, 0.3) is 10.0 Å². The first kappa shape index (κ1) is 15.1. The maximum atomic E-state index is 12.3. The molecule has 2 rings (SSSR count). The standard InChI is InChI=1S/C13H17N5O2S/c1-18(2)11-5-3-4-10(8-11)17-21(19,20)12-6-7-15-13(9-12)16-14/h3-9,17H,14H2,1-2H3,(H,15,16). The number of benzene rings is 1. The molecule has 0 saturated carbocycles. The first-order valence-electron chi connectivity index (χ1n) is 6.15. The van der Waals surface area contributed by atoms with Crippen molar-refractivity contribution in [1.29, 1.82) is 0 Å². The molecule has 0 aliphatic carbocycles. The van der Waals surface area contributed by atoms with Gasteiger partial charge in [0.05, 0.1) is 10.6 Å². The van der Waals surface area contributed by atoms with Gasteiger partial charge >= 0.3 is 0 Å². The lowest BCUT2D eigenvalue weighted by Crippen LogP contribution is -2.15. The van der Waals surface area contributed by atoms with Crippen molar-refractivity contribution >= 4 is 27.2 Å². The van der Waals surface area contributed by atoms with Crippen LogP contribution in [-0.4, -0.2) is 27.5 Å². The number of aromatic nitrogens is 1. The van der Waals surface area contributed by atoms with Crippen LogP contribution in [0.25, 0.3) is 0 Å². The smallest absolute Gasteiger partial charge is 0.262 e. The first-order chi connectivity index (χ1) is 9.92. The Morgan fingerprint density at radius 1 is 1.19 bits per heavy atom. The van der Waals surface area contributed by atoms with E-state index in [-0.39, 0.29) is 10.7 Å². The van der Waals surface area contributed by atoms with Crippen molar-refractivity contribution in [3.8, 4) is 0 Å². The van der Waals surface area contributed by atoms with Crippen LogP contribution < -0.4 is 20.9 Å². The maximum absolute atomic E-state index is 12.3. The van der Waals surface area contributed by atoms with Crippen LogP contribution in [0.5, 0.6) is 0 Å². The highest BCUT2D eigenvalue weighted by atomic mass is 32.2. The van der Waals surface area contributed by atoms with E-state index in [0.717, 1.165) is 5.69 Å². The molecule has 0 saturated heterocycles. The van der Waals surface area contributed by atoms with Crippen LogP contribution in [0.1, 0.15) is 0 Å². The van der Waals surface area contributed by atoms with Crippen LogP contribution in [0.4, 0.5) is 17.2 Å². The van der Waals surface area contributed by atoms with E-state index < -0.39 is 10.0 Å². The van der Waals surface area contributed by atoms with Crippen molar-refractivity contribution in [2.75, 3.05) is 29.1 Å². The number of sulfonamides is 1. The number of nitrogens with two attached hydrogens (primary N) is 1. The summed E-state index contributed by atoms with van der Waals surface area (Å²) < 4.78 is 27.2. The van der Waals surface area contributed by atoms with Gasteiger partial charge in [-0.25, -0.2) is 19.2 Å². The molecule has 0 spiro atoms. The van der Waals surface area contributed by atoms with Crippen molar-refractivity contribution < 1.29 is 8.42 Å². The molecule has 0 aliphatic rings. The van der Waals surface area contributed by atoms with Crippen LogP contribution in [0.2, 0.25) is 0 Å². The summed E-state index contributed by atoms with van der Waals surface area (Å²) in [5.74, 6) is 5.51. The molecule has 112 valence electrons. The minimum absolute atomic E-state index is 0.0840. The Balaban J connectivity index is 2.30. The van der Waals surface area contributed by atoms with E-state index in [0.29, 0.717) is 5.69 Å². The number of nitrogens with one attached hydrogen (secondary N) is 2. The summed E-state index contributed by atoms with van der Waals surface area (Å²) in [7, 11) is 0.0767. The Hall–Kier alpha value is -2.32. The van der Waals surface area contributed by atoms with E-state index in [9.17, 15) is 8.42 Å². The molecule has 1 aromatic heterocycles. The van der Waals surface area contributed by atoms with Gasteiger partial charge in [0.1, 0.15) is 5.82 Å². The highest BCUT2D eigenvalue weighted by Crippen LogP contribution is 2.21. The van der Waals surface area contributed by atoms with Crippen molar-refractivity contribution in [3.63, 3.8) is 0 Å². The average molecular weight is 307 g/mol. The number of anilines is 3. The highest BCUT2D eigenvalue weighted by Gasteiger charge is 2.15. The van der Waals surface area contributed by atoms with Crippen molar-refractivity contribution in [2.45, 2.75) is 4.90 Å².